The highest BCUT2D eigenvalue weighted by Gasteiger charge is 2.33. The van der Waals surface area contributed by atoms with Gasteiger partial charge in [0.15, 0.2) is 5.84 Å². The summed E-state index contributed by atoms with van der Waals surface area (Å²) < 4.78 is 36.2. The molecule has 3 N–H and O–H groups in total. The number of aromatic nitrogens is 2. The lowest BCUT2D eigenvalue weighted by Crippen LogP contribution is -2.32. The first-order valence-electron chi connectivity index (χ1n) is 11.2. The Labute approximate surface area is 201 Å². The van der Waals surface area contributed by atoms with Gasteiger partial charge in [0, 0.05) is 18.7 Å². The number of hydrogen-bond donors (Lipinski definition) is 3. The predicted molar refractivity (Wildman–Crippen MR) is 132 cm³/mol. The lowest BCUT2D eigenvalue weighted by Gasteiger charge is -2.26. The van der Waals surface area contributed by atoms with Crippen LogP contribution in [0.4, 0.5) is 0 Å². The Kier molecular flexibility index (Phi) is 6.09. The van der Waals surface area contributed by atoms with E-state index in [1.54, 1.807) is 10.8 Å². The van der Waals surface area contributed by atoms with E-state index in [1.165, 1.54) is 30.3 Å². The fourth-order valence-corrected chi connectivity index (χ4v) is 5.50. The first-order chi connectivity index (χ1) is 16.8. The fourth-order valence-electron chi connectivity index (χ4n) is 4.25. The van der Waals surface area contributed by atoms with Crippen LogP contribution in [0, 0.1) is 0 Å². The van der Waals surface area contributed by atoms with Gasteiger partial charge in [-0.1, -0.05) is 18.2 Å². The summed E-state index contributed by atoms with van der Waals surface area (Å²) in [4.78, 5) is 15.2. The molecule has 0 bridgehead atoms. The second-order valence-corrected chi connectivity index (χ2v) is 10.1. The Hall–Kier alpha value is -3.26. The van der Waals surface area contributed by atoms with E-state index in [9.17, 15) is 23.3 Å². The average molecular weight is 497 g/mol. The molecule has 13 heteroatoms. The summed E-state index contributed by atoms with van der Waals surface area (Å²) in [5, 5.41) is 24.8. The first kappa shape index (κ1) is 23.5. The Balaban J connectivity index is 1.50. The van der Waals surface area contributed by atoms with Gasteiger partial charge < -0.3 is 19.8 Å². The summed E-state index contributed by atoms with van der Waals surface area (Å²) in [7, 11) is -4.31. The third-order valence-corrected chi connectivity index (χ3v) is 7.62. The van der Waals surface area contributed by atoms with Gasteiger partial charge in [0.05, 0.1) is 30.4 Å². The lowest BCUT2D eigenvalue weighted by atomic mass is 9.80. The van der Waals surface area contributed by atoms with Gasteiger partial charge in [-0.25, -0.2) is 9.80 Å². The molecule has 1 fully saturated rings. The van der Waals surface area contributed by atoms with Crippen LogP contribution in [-0.4, -0.2) is 72.5 Å². The summed E-state index contributed by atoms with van der Waals surface area (Å²) >= 11 is 0. The minimum absolute atomic E-state index is 0.0491. The van der Waals surface area contributed by atoms with Crippen molar-refractivity contribution in [2.75, 3.05) is 20.3 Å². The van der Waals surface area contributed by atoms with Crippen LogP contribution < -0.4 is 11.2 Å². The number of nitrogens with one attached hydrogen (secondary N) is 1. The van der Waals surface area contributed by atoms with E-state index in [1.807, 2.05) is 18.2 Å². The van der Waals surface area contributed by atoms with E-state index in [0.717, 1.165) is 35.9 Å². The molecule has 2 aromatic carbocycles. The highest BCUT2D eigenvalue weighted by Crippen LogP contribution is 2.32. The molecule has 182 valence electrons. The third-order valence-electron chi connectivity index (χ3n) is 6.31. The van der Waals surface area contributed by atoms with E-state index in [-0.39, 0.29) is 41.1 Å². The molecule has 0 saturated heterocycles. The molecule has 11 nitrogen and oxygen atoms in total. The van der Waals surface area contributed by atoms with Gasteiger partial charge in [0.25, 0.3) is 10.0 Å². The van der Waals surface area contributed by atoms with Gasteiger partial charge in [-0.3, -0.25) is 4.57 Å². The van der Waals surface area contributed by atoms with Crippen LogP contribution in [0.1, 0.15) is 36.4 Å². The second kappa shape index (κ2) is 9.08. The number of aromatic amines is 1. The smallest absolute Gasteiger partial charge is 0.423 e. The molecule has 1 aliphatic carbocycles. The number of amidine groups is 1. The highest BCUT2D eigenvalue weighted by atomic mass is 32.2. The minimum atomic E-state index is -4.03. The van der Waals surface area contributed by atoms with E-state index in [0.29, 0.717) is 5.56 Å². The lowest BCUT2D eigenvalue weighted by molar-refractivity contribution is 0.178. The van der Waals surface area contributed by atoms with E-state index in [4.69, 9.17) is 4.74 Å². The quantitative estimate of drug-likeness (QED) is 0.239. The van der Waals surface area contributed by atoms with Crippen molar-refractivity contribution in [3.05, 3.63) is 58.0 Å². The molecule has 2 heterocycles. The maximum Gasteiger partial charge on any atom is 0.488 e. The van der Waals surface area contributed by atoms with Crippen molar-refractivity contribution < 1.29 is 23.2 Å². The Morgan fingerprint density at radius 3 is 2.77 bits per heavy atom. The standard InChI is InChI=1S/C22H24BN5O6S/c1-34-10-9-27(21-17-7-6-15(23(30)31)12-20(17)35(32,33)26-21)24-13-14-5-8-18-19(11-14)28(22(29)25-18)16-3-2-4-16/h5-8,11-13,16,30-31H,2-4,9-10H2,1H3,(H,25,29)/b24-13+. The molecule has 0 spiro atoms. The molecule has 0 unspecified atom stereocenters. The highest BCUT2D eigenvalue weighted by molar-refractivity contribution is 7.90. The van der Waals surface area contributed by atoms with Crippen LogP contribution in [0.2, 0.25) is 0 Å². The van der Waals surface area contributed by atoms with Crippen molar-refractivity contribution in [3.8, 4) is 0 Å². The summed E-state index contributed by atoms with van der Waals surface area (Å²) in [6, 6.07) is 9.81. The average Bonchev–Trinajstić information content (AvgIpc) is 3.25. The molecule has 1 saturated carbocycles. The van der Waals surface area contributed by atoms with Crippen molar-refractivity contribution >= 4 is 45.7 Å². The number of sulfonamides is 1. The van der Waals surface area contributed by atoms with Crippen LogP contribution in [-0.2, 0) is 14.8 Å². The van der Waals surface area contributed by atoms with E-state index >= 15 is 0 Å². The van der Waals surface area contributed by atoms with E-state index in [2.05, 4.69) is 14.5 Å². The SMILES string of the molecule is COCCN(/N=C/c1ccc2[nH]c(=O)n(C3CCC3)c2c1)C1=NS(=O)(=O)c2cc(B(O)O)ccc21. The zero-order chi connectivity index (χ0) is 24.7. The Bertz CT molecular complexity index is 1510. The maximum absolute atomic E-state index is 12.7. The largest absolute Gasteiger partial charge is 0.488 e. The van der Waals surface area contributed by atoms with Crippen LogP contribution in [0.15, 0.2) is 55.6 Å². The molecule has 35 heavy (non-hydrogen) atoms. The molecule has 0 atom stereocenters. The predicted octanol–water partition coefficient (Wildman–Crippen LogP) is 0.166. The second-order valence-electron chi connectivity index (χ2n) is 8.54. The van der Waals surface area contributed by atoms with Crippen molar-refractivity contribution in [3.63, 3.8) is 0 Å². The summed E-state index contributed by atoms with van der Waals surface area (Å²) in [6.45, 7) is 0.488. The van der Waals surface area contributed by atoms with Crippen molar-refractivity contribution in [1.82, 2.24) is 14.6 Å². The number of ether oxygens (including phenoxy) is 1. The van der Waals surface area contributed by atoms with Gasteiger partial charge in [-0.2, -0.15) is 13.5 Å². The Morgan fingerprint density at radius 2 is 2.09 bits per heavy atom. The molecular formula is C22H24BN5O6S. The maximum atomic E-state index is 12.7. The fraction of sp³-hybridized carbons (Fsp3) is 0.318. The minimum Gasteiger partial charge on any atom is -0.423 e. The van der Waals surface area contributed by atoms with Gasteiger partial charge >= 0.3 is 12.8 Å². The third kappa shape index (κ3) is 4.31. The molecule has 1 aromatic heterocycles. The molecule has 1 aliphatic heterocycles. The number of nitrogens with zero attached hydrogens (tertiary/aromatic N) is 4. The molecule has 2 aliphatic rings. The zero-order valence-electron chi connectivity index (χ0n) is 19.0. The number of imidazole rings is 1. The number of hydrogen-bond acceptors (Lipinski definition) is 8. The monoisotopic (exact) mass is 497 g/mol. The number of H-pyrrole nitrogens is 1. The number of methoxy groups -OCH3 is 1. The van der Waals surface area contributed by atoms with Gasteiger partial charge in [-0.15, -0.1) is 4.40 Å². The van der Waals surface area contributed by atoms with Gasteiger partial charge in [0.1, 0.15) is 4.90 Å². The zero-order valence-corrected chi connectivity index (χ0v) is 19.8. The van der Waals surface area contributed by atoms with Crippen LogP contribution >= 0.6 is 0 Å². The molecule has 5 rings (SSSR count). The van der Waals surface area contributed by atoms with Crippen LogP contribution in [0.5, 0.6) is 0 Å². The van der Waals surface area contributed by atoms with Crippen molar-refractivity contribution in [2.45, 2.75) is 30.2 Å². The molecule has 3 aromatic rings. The van der Waals surface area contributed by atoms with Crippen molar-refractivity contribution in [1.29, 1.82) is 0 Å². The van der Waals surface area contributed by atoms with E-state index < -0.39 is 17.1 Å². The molecule has 0 radical (unpaired) electrons. The molecule has 0 amide bonds. The Morgan fingerprint density at radius 1 is 1.29 bits per heavy atom. The summed E-state index contributed by atoms with van der Waals surface area (Å²) in [5.74, 6) is 0.112. The van der Waals surface area contributed by atoms with Crippen LogP contribution in [0.25, 0.3) is 11.0 Å². The molecular weight excluding hydrogens is 473 g/mol. The number of benzene rings is 2. The number of hydrazone groups is 1. The number of fused-ring (bicyclic) bond motifs is 2. The van der Waals surface area contributed by atoms with Crippen molar-refractivity contribution in [2.24, 2.45) is 9.50 Å². The van der Waals surface area contributed by atoms with Gasteiger partial charge in [-0.05, 0) is 48.5 Å². The van der Waals surface area contributed by atoms with Crippen LogP contribution in [0.3, 0.4) is 0 Å². The first-order valence-corrected chi connectivity index (χ1v) is 12.6. The summed E-state index contributed by atoms with van der Waals surface area (Å²) in [5.41, 5.74) is 2.50. The number of rotatable bonds is 7. The van der Waals surface area contributed by atoms with Gasteiger partial charge in [0.2, 0.25) is 0 Å². The summed E-state index contributed by atoms with van der Waals surface area (Å²) in [6.07, 6.45) is 4.62. The topological polar surface area (TPSA) is 150 Å². The normalized spacial score (nSPS) is 16.9.